The summed E-state index contributed by atoms with van der Waals surface area (Å²) in [7, 11) is 0. The zero-order valence-electron chi connectivity index (χ0n) is 11.4. The van der Waals surface area contributed by atoms with Crippen LogP contribution in [-0.4, -0.2) is 31.0 Å². The van der Waals surface area contributed by atoms with Gasteiger partial charge in [0.05, 0.1) is 6.07 Å². The van der Waals surface area contributed by atoms with Crippen LogP contribution in [0.5, 0.6) is 0 Å². The largest absolute Gasteiger partial charge is 0.414 e. The van der Waals surface area contributed by atoms with E-state index in [1.165, 1.54) is 0 Å². The molecule has 1 aliphatic carbocycles. The maximum atomic E-state index is 12.3. The summed E-state index contributed by atoms with van der Waals surface area (Å²) in [6.07, 6.45) is -3.02. The molecule has 3 nitrogen and oxygen atoms in total. The Morgan fingerprint density at radius 2 is 2.21 bits per heavy atom. The third-order valence-corrected chi connectivity index (χ3v) is 3.81. The lowest BCUT2D eigenvalue weighted by molar-refractivity contribution is -0.214. The summed E-state index contributed by atoms with van der Waals surface area (Å²) in [6, 6.07) is 2.31. The number of hydrogen-bond donors (Lipinski definition) is 1. The van der Waals surface area contributed by atoms with Crippen molar-refractivity contribution in [1.82, 2.24) is 5.32 Å². The van der Waals surface area contributed by atoms with Crippen LogP contribution in [0.4, 0.5) is 13.2 Å². The average molecular weight is 278 g/mol. The average Bonchev–Trinajstić information content (AvgIpc) is 2.72. The minimum Gasteiger partial charge on any atom is -0.369 e. The van der Waals surface area contributed by atoms with Gasteiger partial charge in [-0.1, -0.05) is 13.3 Å². The van der Waals surface area contributed by atoms with Crippen LogP contribution >= 0.6 is 0 Å². The molecule has 1 aliphatic rings. The Hall–Kier alpha value is -0.800. The van der Waals surface area contributed by atoms with Crippen LogP contribution in [0.2, 0.25) is 0 Å². The zero-order valence-corrected chi connectivity index (χ0v) is 11.4. The van der Waals surface area contributed by atoms with Gasteiger partial charge in [-0.3, -0.25) is 5.32 Å². The van der Waals surface area contributed by atoms with E-state index in [1.54, 1.807) is 0 Å². The predicted molar refractivity (Wildman–Crippen MR) is 65.4 cm³/mol. The number of ether oxygens (including phenoxy) is 1. The standard InChI is InChI=1S/C13H21F3N2O/c1-3-18-12(9-17)7-4-5-11(12)6-8-19-10(2)13(14,15)16/h10-11,18H,3-8H2,1-2H3. The van der Waals surface area contributed by atoms with Crippen molar-refractivity contribution >= 4 is 0 Å². The Morgan fingerprint density at radius 3 is 2.74 bits per heavy atom. The molecule has 0 spiro atoms. The Balaban J connectivity index is 2.46. The van der Waals surface area contributed by atoms with Crippen molar-refractivity contribution in [2.75, 3.05) is 13.2 Å². The summed E-state index contributed by atoms with van der Waals surface area (Å²) in [4.78, 5) is 0. The van der Waals surface area contributed by atoms with E-state index in [0.717, 1.165) is 26.2 Å². The molecule has 0 aromatic rings. The molecule has 1 N–H and O–H groups in total. The number of alkyl halides is 3. The first-order valence-corrected chi connectivity index (χ1v) is 6.70. The molecule has 110 valence electrons. The van der Waals surface area contributed by atoms with Crippen molar-refractivity contribution < 1.29 is 17.9 Å². The SMILES string of the molecule is CCNC1(C#N)CCCC1CCOC(C)C(F)(F)F. The Kier molecular flexibility index (Phi) is 5.63. The highest BCUT2D eigenvalue weighted by Crippen LogP contribution is 2.37. The van der Waals surface area contributed by atoms with Crippen molar-refractivity contribution in [3.8, 4) is 6.07 Å². The van der Waals surface area contributed by atoms with Gasteiger partial charge < -0.3 is 4.74 Å². The molecule has 1 saturated carbocycles. The third-order valence-electron chi connectivity index (χ3n) is 3.81. The first kappa shape index (κ1) is 16.3. The Labute approximate surface area is 112 Å². The van der Waals surface area contributed by atoms with Gasteiger partial charge in [0, 0.05) is 6.61 Å². The molecule has 0 radical (unpaired) electrons. The second kappa shape index (κ2) is 6.58. The van der Waals surface area contributed by atoms with Crippen LogP contribution in [0, 0.1) is 17.2 Å². The number of hydrogen-bond acceptors (Lipinski definition) is 3. The maximum absolute atomic E-state index is 12.3. The molecule has 0 bridgehead atoms. The molecule has 0 saturated heterocycles. The van der Waals surface area contributed by atoms with Crippen molar-refractivity contribution in [2.45, 2.75) is 57.3 Å². The lowest BCUT2D eigenvalue weighted by atomic mass is 9.86. The summed E-state index contributed by atoms with van der Waals surface area (Å²) in [6.45, 7) is 3.66. The fourth-order valence-electron chi connectivity index (χ4n) is 2.69. The number of nitriles is 1. The van der Waals surface area contributed by atoms with Crippen LogP contribution in [-0.2, 0) is 4.74 Å². The molecule has 1 rings (SSSR count). The van der Waals surface area contributed by atoms with E-state index in [9.17, 15) is 18.4 Å². The number of nitrogens with zero attached hydrogens (tertiary/aromatic N) is 1. The monoisotopic (exact) mass is 278 g/mol. The third kappa shape index (κ3) is 4.08. The van der Waals surface area contributed by atoms with Gasteiger partial charge in [-0.05, 0) is 38.6 Å². The number of nitrogens with one attached hydrogen (secondary N) is 1. The molecule has 0 heterocycles. The molecule has 0 aliphatic heterocycles. The second-order valence-electron chi connectivity index (χ2n) is 5.05. The molecular formula is C13H21F3N2O. The van der Waals surface area contributed by atoms with Gasteiger partial charge in [0.2, 0.25) is 0 Å². The smallest absolute Gasteiger partial charge is 0.369 e. The second-order valence-corrected chi connectivity index (χ2v) is 5.05. The minimum atomic E-state index is -4.32. The maximum Gasteiger partial charge on any atom is 0.414 e. The number of rotatable bonds is 6. The molecule has 19 heavy (non-hydrogen) atoms. The van der Waals surface area contributed by atoms with Crippen LogP contribution in [0.3, 0.4) is 0 Å². The Morgan fingerprint density at radius 1 is 1.53 bits per heavy atom. The first-order chi connectivity index (χ1) is 8.85. The summed E-state index contributed by atoms with van der Waals surface area (Å²) in [5.41, 5.74) is -0.584. The number of halogens is 3. The fraction of sp³-hybridized carbons (Fsp3) is 0.923. The molecule has 3 atom stereocenters. The molecular weight excluding hydrogens is 257 g/mol. The quantitative estimate of drug-likeness (QED) is 0.812. The molecule has 0 amide bonds. The van der Waals surface area contributed by atoms with Gasteiger partial charge in [-0.2, -0.15) is 18.4 Å². The highest BCUT2D eigenvalue weighted by Gasteiger charge is 2.43. The summed E-state index contributed by atoms with van der Waals surface area (Å²) in [5, 5.41) is 12.5. The first-order valence-electron chi connectivity index (χ1n) is 6.70. The molecule has 1 fully saturated rings. The summed E-state index contributed by atoms with van der Waals surface area (Å²) < 4.78 is 41.7. The summed E-state index contributed by atoms with van der Waals surface area (Å²) in [5.74, 6) is 0.0675. The van der Waals surface area contributed by atoms with Crippen LogP contribution in [0.15, 0.2) is 0 Å². The highest BCUT2D eigenvalue weighted by atomic mass is 19.4. The van der Waals surface area contributed by atoms with Gasteiger partial charge in [0.25, 0.3) is 0 Å². The molecule has 3 unspecified atom stereocenters. The van der Waals surface area contributed by atoms with Crippen LogP contribution in [0.1, 0.15) is 39.5 Å². The van der Waals surface area contributed by atoms with Crippen molar-refractivity contribution in [3.05, 3.63) is 0 Å². The van der Waals surface area contributed by atoms with E-state index in [-0.39, 0.29) is 12.5 Å². The molecule has 0 aromatic carbocycles. The van der Waals surface area contributed by atoms with Crippen molar-refractivity contribution in [3.63, 3.8) is 0 Å². The van der Waals surface area contributed by atoms with E-state index in [1.807, 2.05) is 6.92 Å². The minimum absolute atomic E-state index is 0.0418. The normalized spacial score (nSPS) is 29.2. The van der Waals surface area contributed by atoms with Gasteiger partial charge >= 0.3 is 6.18 Å². The van der Waals surface area contributed by atoms with E-state index in [4.69, 9.17) is 4.74 Å². The van der Waals surface area contributed by atoms with Gasteiger partial charge in [0.15, 0.2) is 6.10 Å². The van der Waals surface area contributed by atoms with Gasteiger partial charge in [-0.15, -0.1) is 0 Å². The topological polar surface area (TPSA) is 45.0 Å². The van der Waals surface area contributed by atoms with E-state index in [0.29, 0.717) is 13.0 Å². The lowest BCUT2D eigenvalue weighted by Gasteiger charge is -2.30. The van der Waals surface area contributed by atoms with Crippen molar-refractivity contribution in [2.24, 2.45) is 5.92 Å². The van der Waals surface area contributed by atoms with Crippen LogP contribution < -0.4 is 5.32 Å². The molecule has 0 aromatic heterocycles. The molecule has 6 heteroatoms. The van der Waals surface area contributed by atoms with E-state index in [2.05, 4.69) is 11.4 Å². The predicted octanol–water partition coefficient (Wildman–Crippen LogP) is 3.02. The fourth-order valence-corrected chi connectivity index (χ4v) is 2.69. The van der Waals surface area contributed by atoms with E-state index < -0.39 is 17.8 Å². The highest BCUT2D eigenvalue weighted by molar-refractivity contribution is 5.13. The van der Waals surface area contributed by atoms with Gasteiger partial charge in [0.1, 0.15) is 5.54 Å². The van der Waals surface area contributed by atoms with Gasteiger partial charge in [-0.25, -0.2) is 0 Å². The summed E-state index contributed by atoms with van der Waals surface area (Å²) >= 11 is 0. The Bertz CT molecular complexity index is 327. The van der Waals surface area contributed by atoms with Crippen LogP contribution in [0.25, 0.3) is 0 Å². The van der Waals surface area contributed by atoms with E-state index >= 15 is 0 Å². The lowest BCUT2D eigenvalue weighted by Crippen LogP contribution is -2.47. The van der Waals surface area contributed by atoms with Crippen molar-refractivity contribution in [1.29, 1.82) is 5.26 Å². The zero-order chi connectivity index (χ0) is 14.5.